The van der Waals surface area contributed by atoms with E-state index in [9.17, 15) is 4.79 Å². The molecule has 0 saturated heterocycles. The SMILES string of the molecule is CCN(CC)Sc1cccc(NC(=O)Cc2ccc(Cl)c(Cl)c2)c1. The molecule has 0 heterocycles. The minimum absolute atomic E-state index is 0.0848. The quantitative estimate of drug-likeness (QED) is 0.639. The lowest BCUT2D eigenvalue weighted by Gasteiger charge is -2.17. The molecule has 2 rings (SSSR count). The Bertz CT molecular complexity index is 705. The van der Waals surface area contributed by atoms with Crippen molar-refractivity contribution in [1.82, 2.24) is 4.31 Å². The molecule has 2 aromatic rings. The molecule has 0 aromatic heterocycles. The average Bonchev–Trinajstić information content (AvgIpc) is 2.56. The fraction of sp³-hybridized carbons (Fsp3) is 0.278. The second-order valence-corrected chi connectivity index (χ2v) is 7.19. The van der Waals surface area contributed by atoms with Crippen LogP contribution in [0.1, 0.15) is 19.4 Å². The number of carbonyl (C=O) groups excluding carboxylic acids is 1. The Kier molecular flexibility index (Phi) is 7.43. The van der Waals surface area contributed by atoms with Gasteiger partial charge in [-0.15, -0.1) is 0 Å². The van der Waals surface area contributed by atoms with Gasteiger partial charge in [0.1, 0.15) is 0 Å². The topological polar surface area (TPSA) is 32.3 Å². The third-order valence-electron chi connectivity index (χ3n) is 3.41. The third kappa shape index (κ3) is 5.71. The second-order valence-electron chi connectivity index (χ2n) is 5.21. The van der Waals surface area contributed by atoms with Crippen LogP contribution in [0.15, 0.2) is 47.4 Å². The van der Waals surface area contributed by atoms with Crippen LogP contribution in [0.25, 0.3) is 0 Å². The Morgan fingerprint density at radius 3 is 2.50 bits per heavy atom. The Balaban J connectivity index is 1.99. The lowest BCUT2D eigenvalue weighted by atomic mass is 10.1. The van der Waals surface area contributed by atoms with Crippen LogP contribution in [0.3, 0.4) is 0 Å². The number of anilines is 1. The van der Waals surface area contributed by atoms with Gasteiger partial charge in [0.05, 0.1) is 16.5 Å². The number of carbonyl (C=O) groups is 1. The summed E-state index contributed by atoms with van der Waals surface area (Å²) in [6.07, 6.45) is 0.254. The molecule has 2 aromatic carbocycles. The van der Waals surface area contributed by atoms with Crippen LogP contribution in [0.4, 0.5) is 5.69 Å². The van der Waals surface area contributed by atoms with E-state index in [4.69, 9.17) is 23.2 Å². The number of hydrogen-bond donors (Lipinski definition) is 1. The lowest BCUT2D eigenvalue weighted by Crippen LogP contribution is -2.15. The van der Waals surface area contributed by atoms with Crippen LogP contribution in [-0.4, -0.2) is 23.3 Å². The molecule has 3 nitrogen and oxygen atoms in total. The molecule has 0 bridgehead atoms. The molecule has 1 N–H and O–H groups in total. The van der Waals surface area contributed by atoms with Crippen LogP contribution < -0.4 is 5.32 Å². The Hall–Kier alpha value is -1.20. The number of benzene rings is 2. The van der Waals surface area contributed by atoms with Crippen molar-refractivity contribution >= 4 is 46.7 Å². The predicted molar refractivity (Wildman–Crippen MR) is 104 cm³/mol. The molecule has 0 atom stereocenters. The number of amides is 1. The van der Waals surface area contributed by atoms with Gasteiger partial charge in [-0.05, 0) is 47.8 Å². The Morgan fingerprint density at radius 2 is 1.83 bits per heavy atom. The zero-order valence-corrected chi connectivity index (χ0v) is 16.0. The summed E-state index contributed by atoms with van der Waals surface area (Å²) in [5, 5.41) is 3.87. The normalized spacial score (nSPS) is 10.9. The summed E-state index contributed by atoms with van der Waals surface area (Å²) in [6, 6.07) is 13.1. The van der Waals surface area contributed by atoms with Crippen molar-refractivity contribution in [2.75, 3.05) is 18.4 Å². The van der Waals surface area contributed by atoms with Crippen LogP contribution >= 0.6 is 35.1 Å². The number of nitrogens with one attached hydrogen (secondary N) is 1. The van der Waals surface area contributed by atoms with Gasteiger partial charge >= 0.3 is 0 Å². The highest BCUT2D eigenvalue weighted by molar-refractivity contribution is 7.97. The summed E-state index contributed by atoms with van der Waals surface area (Å²) in [4.78, 5) is 13.3. The van der Waals surface area contributed by atoms with Crippen LogP contribution in [0.2, 0.25) is 10.0 Å². The third-order valence-corrected chi connectivity index (χ3v) is 5.38. The van der Waals surface area contributed by atoms with Crippen molar-refractivity contribution in [3.05, 3.63) is 58.1 Å². The molecule has 6 heteroatoms. The van der Waals surface area contributed by atoms with E-state index in [-0.39, 0.29) is 12.3 Å². The zero-order valence-electron chi connectivity index (χ0n) is 13.7. The van der Waals surface area contributed by atoms with Gasteiger partial charge in [-0.25, -0.2) is 4.31 Å². The smallest absolute Gasteiger partial charge is 0.228 e. The van der Waals surface area contributed by atoms with Crippen LogP contribution in [0, 0.1) is 0 Å². The van der Waals surface area contributed by atoms with Gasteiger partial charge in [-0.2, -0.15) is 0 Å². The van der Waals surface area contributed by atoms with Crippen molar-refractivity contribution in [2.24, 2.45) is 0 Å². The molecule has 0 fully saturated rings. The molecule has 0 aliphatic rings. The summed E-state index contributed by atoms with van der Waals surface area (Å²) < 4.78 is 2.25. The van der Waals surface area contributed by atoms with Crippen molar-refractivity contribution in [3.8, 4) is 0 Å². The summed E-state index contributed by atoms with van der Waals surface area (Å²) in [5.41, 5.74) is 1.62. The van der Waals surface area contributed by atoms with Crippen LogP contribution in [-0.2, 0) is 11.2 Å². The van der Waals surface area contributed by atoms with Crippen molar-refractivity contribution < 1.29 is 4.79 Å². The molecule has 0 aliphatic carbocycles. The highest BCUT2D eigenvalue weighted by atomic mass is 35.5. The van der Waals surface area contributed by atoms with Crippen molar-refractivity contribution in [1.29, 1.82) is 0 Å². The van der Waals surface area contributed by atoms with E-state index in [1.807, 2.05) is 24.3 Å². The van der Waals surface area contributed by atoms with Gasteiger partial charge in [0.25, 0.3) is 0 Å². The maximum absolute atomic E-state index is 12.2. The van der Waals surface area contributed by atoms with Crippen molar-refractivity contribution in [3.63, 3.8) is 0 Å². The summed E-state index contributed by atoms with van der Waals surface area (Å²) in [7, 11) is 0. The monoisotopic (exact) mass is 382 g/mol. The number of rotatable bonds is 7. The maximum atomic E-state index is 12.2. The van der Waals surface area contributed by atoms with E-state index in [0.717, 1.165) is 29.2 Å². The molecular formula is C18H20Cl2N2OS. The summed E-state index contributed by atoms with van der Waals surface area (Å²) in [5.74, 6) is -0.0848. The standard InChI is InChI=1S/C18H20Cl2N2OS/c1-3-22(4-2)24-15-7-5-6-14(12-15)21-18(23)11-13-8-9-16(19)17(20)10-13/h5-10,12H,3-4,11H2,1-2H3,(H,21,23). The van der Waals surface area contributed by atoms with E-state index >= 15 is 0 Å². The van der Waals surface area contributed by atoms with Gasteiger partial charge in [0, 0.05) is 23.7 Å². The average molecular weight is 383 g/mol. The first-order valence-electron chi connectivity index (χ1n) is 7.78. The van der Waals surface area contributed by atoms with Gasteiger partial charge < -0.3 is 5.32 Å². The molecule has 0 saturated carbocycles. The number of nitrogens with zero attached hydrogens (tertiary/aromatic N) is 1. The first kappa shape index (κ1) is 19.1. The van der Waals surface area contributed by atoms with E-state index < -0.39 is 0 Å². The molecular weight excluding hydrogens is 363 g/mol. The minimum Gasteiger partial charge on any atom is -0.326 e. The molecule has 128 valence electrons. The maximum Gasteiger partial charge on any atom is 0.228 e. The molecule has 0 spiro atoms. The van der Waals surface area contributed by atoms with E-state index in [1.165, 1.54) is 0 Å². The summed E-state index contributed by atoms with van der Waals surface area (Å²) in [6.45, 7) is 6.18. The molecule has 0 aliphatic heterocycles. The van der Waals surface area contributed by atoms with E-state index in [2.05, 4.69) is 23.5 Å². The highest BCUT2D eigenvalue weighted by Gasteiger charge is 2.08. The highest BCUT2D eigenvalue weighted by Crippen LogP contribution is 2.25. The van der Waals surface area contributed by atoms with E-state index in [1.54, 1.807) is 30.1 Å². The first-order valence-corrected chi connectivity index (χ1v) is 9.31. The van der Waals surface area contributed by atoms with Gasteiger partial charge in [0.2, 0.25) is 5.91 Å². The molecule has 0 unspecified atom stereocenters. The fourth-order valence-corrected chi connectivity index (χ4v) is 3.37. The first-order chi connectivity index (χ1) is 11.5. The minimum atomic E-state index is -0.0848. The van der Waals surface area contributed by atoms with Crippen LogP contribution in [0.5, 0.6) is 0 Å². The molecule has 24 heavy (non-hydrogen) atoms. The predicted octanol–water partition coefficient (Wildman–Crippen LogP) is 5.52. The lowest BCUT2D eigenvalue weighted by molar-refractivity contribution is -0.115. The van der Waals surface area contributed by atoms with Gasteiger partial charge in [0.15, 0.2) is 0 Å². The zero-order chi connectivity index (χ0) is 17.5. The summed E-state index contributed by atoms with van der Waals surface area (Å²) >= 11 is 13.6. The molecule has 1 amide bonds. The molecule has 0 radical (unpaired) electrons. The Morgan fingerprint density at radius 1 is 1.08 bits per heavy atom. The number of hydrogen-bond acceptors (Lipinski definition) is 3. The van der Waals surface area contributed by atoms with Gasteiger partial charge in [-0.1, -0.05) is 49.2 Å². The second kappa shape index (κ2) is 9.33. The largest absolute Gasteiger partial charge is 0.326 e. The fourth-order valence-electron chi connectivity index (χ4n) is 2.17. The van der Waals surface area contributed by atoms with Crippen molar-refractivity contribution in [2.45, 2.75) is 25.2 Å². The number of halogens is 2. The van der Waals surface area contributed by atoms with Gasteiger partial charge in [-0.3, -0.25) is 4.79 Å². The van der Waals surface area contributed by atoms with E-state index in [0.29, 0.717) is 10.0 Å². The Labute approximate surface area is 157 Å².